The maximum absolute atomic E-state index is 12.0. The highest BCUT2D eigenvalue weighted by Gasteiger charge is 2.15. The number of methoxy groups -OCH3 is 3. The lowest BCUT2D eigenvalue weighted by Gasteiger charge is -2.18. The van der Waals surface area contributed by atoms with Crippen molar-refractivity contribution in [3.63, 3.8) is 0 Å². The first-order valence-corrected chi connectivity index (χ1v) is 7.88. The van der Waals surface area contributed by atoms with Gasteiger partial charge in [-0.25, -0.2) is 0 Å². The molecule has 1 N–H and O–H groups in total. The number of nitrogens with one attached hydrogen (secondary N) is 1. The lowest BCUT2D eigenvalue weighted by molar-refractivity contribution is 0.218. The molecule has 20 heavy (non-hydrogen) atoms. The van der Waals surface area contributed by atoms with E-state index >= 15 is 0 Å². The predicted octanol–water partition coefficient (Wildman–Crippen LogP) is 1.36. The summed E-state index contributed by atoms with van der Waals surface area (Å²) in [7, 11) is 5.75. The molecule has 6 heteroatoms. The zero-order chi connectivity index (χ0) is 15.0. The zero-order valence-corrected chi connectivity index (χ0v) is 13.3. The summed E-state index contributed by atoms with van der Waals surface area (Å²) >= 11 is 0. The molecule has 2 atom stereocenters. The fourth-order valence-electron chi connectivity index (χ4n) is 1.86. The molecule has 0 aliphatic carbocycles. The average Bonchev–Trinajstić information content (AvgIpc) is 2.49. The van der Waals surface area contributed by atoms with E-state index < -0.39 is 10.8 Å². The molecule has 0 bridgehead atoms. The van der Waals surface area contributed by atoms with Gasteiger partial charge in [-0.2, -0.15) is 0 Å². The van der Waals surface area contributed by atoms with Gasteiger partial charge in [-0.05, 0) is 24.7 Å². The van der Waals surface area contributed by atoms with Crippen LogP contribution in [0.25, 0.3) is 0 Å². The van der Waals surface area contributed by atoms with Crippen LogP contribution < -0.4 is 14.8 Å². The van der Waals surface area contributed by atoms with Crippen LogP contribution in [-0.2, 0) is 15.5 Å². The second-order valence-corrected chi connectivity index (χ2v) is 5.88. The van der Waals surface area contributed by atoms with Gasteiger partial charge in [-0.1, -0.05) is 6.07 Å². The summed E-state index contributed by atoms with van der Waals surface area (Å²) in [6, 6.07) is 5.73. The predicted molar refractivity (Wildman–Crippen MR) is 81.1 cm³/mol. The molecule has 0 fully saturated rings. The van der Waals surface area contributed by atoms with Crippen LogP contribution in [0.5, 0.6) is 11.5 Å². The first kappa shape index (κ1) is 16.9. The second kappa shape index (κ2) is 8.94. The minimum atomic E-state index is -0.926. The van der Waals surface area contributed by atoms with Crippen molar-refractivity contribution in [3.8, 4) is 11.5 Å². The molecule has 1 rings (SSSR count). The monoisotopic (exact) mass is 301 g/mol. The van der Waals surface area contributed by atoms with Crippen molar-refractivity contribution < 1.29 is 18.4 Å². The molecule has 0 spiro atoms. The van der Waals surface area contributed by atoms with Crippen LogP contribution in [0, 0.1) is 0 Å². The highest BCUT2D eigenvalue weighted by molar-refractivity contribution is 7.85. The summed E-state index contributed by atoms with van der Waals surface area (Å²) in [5.41, 5.74) is 1.02. The molecule has 1 aromatic rings. The fourth-order valence-corrected chi connectivity index (χ4v) is 3.11. The zero-order valence-electron chi connectivity index (χ0n) is 12.5. The SMILES string of the molecule is CNC(CS(=O)CCOC)c1ccc(OC)c(OC)c1. The highest BCUT2D eigenvalue weighted by Crippen LogP contribution is 2.30. The molecule has 0 aliphatic heterocycles. The number of benzene rings is 1. The van der Waals surface area contributed by atoms with Gasteiger partial charge < -0.3 is 19.5 Å². The molecule has 5 nitrogen and oxygen atoms in total. The van der Waals surface area contributed by atoms with E-state index in [0.717, 1.165) is 5.56 Å². The molecule has 2 unspecified atom stereocenters. The maximum atomic E-state index is 12.0. The number of ether oxygens (including phenoxy) is 3. The minimum Gasteiger partial charge on any atom is -0.493 e. The lowest BCUT2D eigenvalue weighted by atomic mass is 10.1. The molecule has 0 aliphatic rings. The first-order chi connectivity index (χ1) is 9.65. The van der Waals surface area contributed by atoms with Crippen LogP contribution in [0.3, 0.4) is 0 Å². The van der Waals surface area contributed by atoms with E-state index in [9.17, 15) is 4.21 Å². The molecule has 0 radical (unpaired) electrons. The third-order valence-electron chi connectivity index (χ3n) is 3.03. The Morgan fingerprint density at radius 3 is 2.45 bits per heavy atom. The Hall–Kier alpha value is -1.11. The topological polar surface area (TPSA) is 56.8 Å². The van der Waals surface area contributed by atoms with Crippen molar-refractivity contribution in [2.45, 2.75) is 6.04 Å². The molecule has 1 aromatic carbocycles. The molecule has 0 amide bonds. The Morgan fingerprint density at radius 1 is 1.20 bits per heavy atom. The van der Waals surface area contributed by atoms with E-state index in [-0.39, 0.29) is 6.04 Å². The summed E-state index contributed by atoms with van der Waals surface area (Å²) in [6.07, 6.45) is 0. The van der Waals surface area contributed by atoms with Gasteiger partial charge in [-0.15, -0.1) is 0 Å². The molecule has 0 saturated carbocycles. The third-order valence-corrected chi connectivity index (χ3v) is 4.35. The fraction of sp³-hybridized carbons (Fsp3) is 0.571. The van der Waals surface area contributed by atoms with E-state index in [1.807, 2.05) is 25.2 Å². The highest BCUT2D eigenvalue weighted by atomic mass is 32.2. The summed E-state index contributed by atoms with van der Waals surface area (Å²) < 4.78 is 27.4. The Bertz CT molecular complexity index is 439. The molecule has 114 valence electrons. The van der Waals surface area contributed by atoms with Gasteiger partial charge in [0.25, 0.3) is 0 Å². The third kappa shape index (κ3) is 4.77. The Balaban J connectivity index is 2.81. The second-order valence-electron chi connectivity index (χ2n) is 4.26. The molecule has 0 saturated heterocycles. The van der Waals surface area contributed by atoms with Crippen molar-refractivity contribution in [1.82, 2.24) is 5.32 Å². The van der Waals surface area contributed by atoms with Gasteiger partial charge in [0, 0.05) is 35.5 Å². The summed E-state index contributed by atoms with van der Waals surface area (Å²) in [6.45, 7) is 0.509. The summed E-state index contributed by atoms with van der Waals surface area (Å²) in [5, 5.41) is 3.18. The van der Waals surface area contributed by atoms with Gasteiger partial charge in [0.2, 0.25) is 0 Å². The van der Waals surface area contributed by atoms with Crippen LogP contribution in [-0.4, -0.2) is 50.7 Å². The van der Waals surface area contributed by atoms with E-state index in [0.29, 0.717) is 29.6 Å². The van der Waals surface area contributed by atoms with Crippen LogP contribution in [0.15, 0.2) is 18.2 Å². The van der Waals surface area contributed by atoms with E-state index in [2.05, 4.69) is 5.32 Å². The number of hydrogen-bond acceptors (Lipinski definition) is 5. The van der Waals surface area contributed by atoms with Gasteiger partial charge in [0.05, 0.1) is 20.8 Å². The summed E-state index contributed by atoms with van der Waals surface area (Å²) in [4.78, 5) is 0. The van der Waals surface area contributed by atoms with Gasteiger partial charge in [0.15, 0.2) is 11.5 Å². The first-order valence-electron chi connectivity index (χ1n) is 6.39. The van der Waals surface area contributed by atoms with Gasteiger partial charge >= 0.3 is 0 Å². The van der Waals surface area contributed by atoms with Crippen LogP contribution in [0.4, 0.5) is 0 Å². The largest absolute Gasteiger partial charge is 0.493 e. The van der Waals surface area contributed by atoms with E-state index in [1.54, 1.807) is 21.3 Å². The standard InChI is InChI=1S/C14H23NO4S/c1-15-12(10-20(16)8-7-17-2)11-5-6-13(18-3)14(9-11)19-4/h5-6,9,12,15H,7-8,10H2,1-4H3. The van der Waals surface area contributed by atoms with Crippen LogP contribution in [0.2, 0.25) is 0 Å². The van der Waals surface area contributed by atoms with Crippen molar-refractivity contribution in [2.75, 3.05) is 46.5 Å². The Morgan fingerprint density at radius 2 is 1.90 bits per heavy atom. The average molecular weight is 301 g/mol. The van der Waals surface area contributed by atoms with Gasteiger partial charge in [-0.3, -0.25) is 4.21 Å². The van der Waals surface area contributed by atoms with Gasteiger partial charge in [0.1, 0.15) is 0 Å². The normalized spacial score (nSPS) is 13.8. The quantitative estimate of drug-likeness (QED) is 0.746. The number of hydrogen-bond donors (Lipinski definition) is 1. The Labute approximate surface area is 123 Å². The molecular weight excluding hydrogens is 278 g/mol. The van der Waals surface area contributed by atoms with E-state index in [1.165, 1.54) is 0 Å². The lowest BCUT2D eigenvalue weighted by Crippen LogP contribution is -2.24. The van der Waals surface area contributed by atoms with Crippen LogP contribution in [0.1, 0.15) is 11.6 Å². The minimum absolute atomic E-state index is 0.00694. The number of rotatable bonds is 9. The molecule has 0 aromatic heterocycles. The van der Waals surface area contributed by atoms with Crippen molar-refractivity contribution in [1.29, 1.82) is 0 Å². The van der Waals surface area contributed by atoms with E-state index in [4.69, 9.17) is 14.2 Å². The van der Waals surface area contributed by atoms with Crippen molar-refractivity contribution in [3.05, 3.63) is 23.8 Å². The summed E-state index contributed by atoms with van der Waals surface area (Å²) in [5.74, 6) is 2.44. The van der Waals surface area contributed by atoms with Crippen molar-refractivity contribution in [2.24, 2.45) is 0 Å². The maximum Gasteiger partial charge on any atom is 0.161 e. The molecule has 0 heterocycles. The molecular formula is C14H23NO4S. The Kier molecular flexibility index (Phi) is 7.58. The smallest absolute Gasteiger partial charge is 0.161 e. The van der Waals surface area contributed by atoms with Crippen LogP contribution >= 0.6 is 0 Å². The van der Waals surface area contributed by atoms with Crippen molar-refractivity contribution >= 4 is 10.8 Å².